The summed E-state index contributed by atoms with van der Waals surface area (Å²) < 4.78 is 6.03. The van der Waals surface area contributed by atoms with Gasteiger partial charge < -0.3 is 15.2 Å². The van der Waals surface area contributed by atoms with Crippen LogP contribution in [0.3, 0.4) is 0 Å². The van der Waals surface area contributed by atoms with E-state index < -0.39 is 0 Å². The number of halogens is 1. The summed E-state index contributed by atoms with van der Waals surface area (Å²) in [6.45, 7) is 0. The first kappa shape index (κ1) is 16.5. The number of hydrogen-bond donors (Lipinski definition) is 3. The first-order chi connectivity index (χ1) is 10.5. The van der Waals surface area contributed by atoms with Crippen molar-refractivity contribution in [3.63, 3.8) is 0 Å². The molecule has 0 saturated carbocycles. The largest absolute Gasteiger partial charge is 0.506 e. The molecule has 0 aliphatic rings. The molecule has 0 aliphatic carbocycles. The molecule has 0 fully saturated rings. The van der Waals surface area contributed by atoms with E-state index in [0.29, 0.717) is 17.0 Å². The third kappa shape index (κ3) is 4.31. The highest BCUT2D eigenvalue weighted by atomic mass is 127. The number of thiocarbonyl (C=S) groups is 1. The number of carbonyl (C=O) groups excluding carboxylic acids is 1. The Morgan fingerprint density at radius 2 is 2.05 bits per heavy atom. The van der Waals surface area contributed by atoms with Gasteiger partial charge in [-0.25, -0.2) is 0 Å². The zero-order chi connectivity index (χ0) is 16.1. The number of aromatic hydroxyl groups is 1. The standard InChI is InChI=1S/C15H13IN2O3S/c1-21-11-5-6-13(19)12(8-11)17-15(22)18-14(20)9-3-2-4-10(16)7-9/h2-8,19H,1H3,(H2,17,18,20,22). The number of methoxy groups -OCH3 is 1. The molecule has 0 radical (unpaired) electrons. The van der Waals surface area contributed by atoms with E-state index in [4.69, 9.17) is 17.0 Å². The van der Waals surface area contributed by atoms with Gasteiger partial charge in [-0.05, 0) is 65.1 Å². The maximum absolute atomic E-state index is 12.1. The number of carbonyl (C=O) groups is 1. The van der Waals surface area contributed by atoms with Crippen LogP contribution in [-0.2, 0) is 0 Å². The predicted octanol–water partition coefficient (Wildman–Crippen LogP) is 3.13. The summed E-state index contributed by atoms with van der Waals surface area (Å²) in [5.74, 6) is 0.247. The fourth-order valence-electron chi connectivity index (χ4n) is 1.70. The molecule has 7 heteroatoms. The lowest BCUT2D eigenvalue weighted by Crippen LogP contribution is -2.34. The van der Waals surface area contributed by atoms with Gasteiger partial charge in [0.25, 0.3) is 5.91 Å². The van der Waals surface area contributed by atoms with Crippen molar-refractivity contribution < 1.29 is 14.6 Å². The Hall–Kier alpha value is -1.87. The molecular formula is C15H13IN2O3S. The first-order valence-electron chi connectivity index (χ1n) is 6.24. The topological polar surface area (TPSA) is 70.6 Å². The molecule has 0 unspecified atom stereocenters. The van der Waals surface area contributed by atoms with E-state index in [1.54, 1.807) is 30.3 Å². The molecule has 0 spiro atoms. The van der Waals surface area contributed by atoms with Crippen molar-refractivity contribution in [1.82, 2.24) is 5.32 Å². The van der Waals surface area contributed by atoms with Crippen LogP contribution in [0.5, 0.6) is 11.5 Å². The van der Waals surface area contributed by atoms with Crippen LogP contribution in [0.2, 0.25) is 0 Å². The minimum absolute atomic E-state index is 0.00617. The summed E-state index contributed by atoms with van der Waals surface area (Å²) >= 11 is 7.22. The number of phenols is 1. The fourth-order valence-corrected chi connectivity index (χ4v) is 2.45. The molecule has 2 aromatic rings. The van der Waals surface area contributed by atoms with Crippen LogP contribution in [0.4, 0.5) is 5.69 Å². The molecule has 0 heterocycles. The van der Waals surface area contributed by atoms with Gasteiger partial charge in [-0.2, -0.15) is 0 Å². The van der Waals surface area contributed by atoms with Crippen molar-refractivity contribution in [3.05, 3.63) is 51.6 Å². The van der Waals surface area contributed by atoms with Crippen molar-refractivity contribution in [2.75, 3.05) is 12.4 Å². The molecule has 5 nitrogen and oxygen atoms in total. The zero-order valence-electron chi connectivity index (χ0n) is 11.6. The maximum atomic E-state index is 12.1. The lowest BCUT2D eigenvalue weighted by molar-refractivity contribution is 0.0977. The Balaban J connectivity index is 2.05. The van der Waals surface area contributed by atoms with Crippen LogP contribution in [0.1, 0.15) is 10.4 Å². The third-order valence-corrected chi connectivity index (χ3v) is 3.64. The van der Waals surface area contributed by atoms with E-state index in [-0.39, 0.29) is 16.8 Å². The summed E-state index contributed by atoms with van der Waals surface area (Å²) in [4.78, 5) is 12.1. The maximum Gasteiger partial charge on any atom is 0.257 e. The monoisotopic (exact) mass is 428 g/mol. The molecule has 3 N–H and O–H groups in total. The Kier molecular flexibility index (Phi) is 5.56. The van der Waals surface area contributed by atoms with Gasteiger partial charge >= 0.3 is 0 Å². The highest BCUT2D eigenvalue weighted by molar-refractivity contribution is 14.1. The van der Waals surface area contributed by atoms with Crippen LogP contribution in [-0.4, -0.2) is 23.2 Å². The summed E-state index contributed by atoms with van der Waals surface area (Å²) in [5.41, 5.74) is 0.859. The lowest BCUT2D eigenvalue weighted by atomic mass is 10.2. The second-order valence-electron chi connectivity index (χ2n) is 4.30. The summed E-state index contributed by atoms with van der Waals surface area (Å²) in [6.07, 6.45) is 0. The Labute approximate surface area is 146 Å². The molecule has 2 aromatic carbocycles. The third-order valence-electron chi connectivity index (χ3n) is 2.77. The minimum atomic E-state index is -0.321. The van der Waals surface area contributed by atoms with E-state index in [9.17, 15) is 9.90 Å². The van der Waals surface area contributed by atoms with E-state index in [0.717, 1.165) is 3.57 Å². The van der Waals surface area contributed by atoms with Crippen LogP contribution in [0.25, 0.3) is 0 Å². The number of rotatable bonds is 3. The fraction of sp³-hybridized carbons (Fsp3) is 0.0667. The molecule has 2 rings (SSSR count). The number of benzene rings is 2. The number of nitrogens with one attached hydrogen (secondary N) is 2. The molecule has 0 aliphatic heterocycles. The first-order valence-corrected chi connectivity index (χ1v) is 7.73. The van der Waals surface area contributed by atoms with E-state index in [2.05, 4.69) is 33.2 Å². The lowest BCUT2D eigenvalue weighted by Gasteiger charge is -2.12. The molecule has 0 aromatic heterocycles. The van der Waals surface area contributed by atoms with Gasteiger partial charge in [0.15, 0.2) is 5.11 Å². The summed E-state index contributed by atoms with van der Waals surface area (Å²) in [7, 11) is 1.52. The molecular weight excluding hydrogens is 415 g/mol. The van der Waals surface area contributed by atoms with Gasteiger partial charge in [-0.3, -0.25) is 10.1 Å². The average molecular weight is 428 g/mol. The molecule has 0 saturated heterocycles. The number of anilines is 1. The van der Waals surface area contributed by atoms with Crippen molar-refractivity contribution in [2.24, 2.45) is 0 Å². The second-order valence-corrected chi connectivity index (χ2v) is 5.96. The molecule has 22 heavy (non-hydrogen) atoms. The van der Waals surface area contributed by atoms with Crippen molar-refractivity contribution in [2.45, 2.75) is 0 Å². The number of amides is 1. The van der Waals surface area contributed by atoms with Crippen LogP contribution in [0.15, 0.2) is 42.5 Å². The van der Waals surface area contributed by atoms with Crippen molar-refractivity contribution in [3.8, 4) is 11.5 Å². The number of hydrogen-bond acceptors (Lipinski definition) is 4. The molecule has 0 atom stereocenters. The second kappa shape index (κ2) is 7.41. The molecule has 0 bridgehead atoms. The smallest absolute Gasteiger partial charge is 0.257 e. The van der Waals surface area contributed by atoms with Gasteiger partial charge in [0.1, 0.15) is 11.5 Å². The Bertz CT molecular complexity index is 722. The predicted molar refractivity (Wildman–Crippen MR) is 97.5 cm³/mol. The van der Waals surface area contributed by atoms with Gasteiger partial charge in [-0.1, -0.05) is 6.07 Å². The van der Waals surface area contributed by atoms with Crippen LogP contribution < -0.4 is 15.4 Å². The molecule has 114 valence electrons. The van der Waals surface area contributed by atoms with Gasteiger partial charge in [0.05, 0.1) is 12.8 Å². The normalized spacial score (nSPS) is 9.91. The minimum Gasteiger partial charge on any atom is -0.506 e. The summed E-state index contributed by atoms with van der Waals surface area (Å²) in [5, 5.41) is 15.2. The van der Waals surface area contributed by atoms with E-state index in [1.165, 1.54) is 13.2 Å². The number of phenolic OH excluding ortho intramolecular Hbond substituents is 1. The Morgan fingerprint density at radius 3 is 2.73 bits per heavy atom. The number of ether oxygens (including phenoxy) is 1. The average Bonchev–Trinajstić information content (AvgIpc) is 2.49. The highest BCUT2D eigenvalue weighted by Gasteiger charge is 2.10. The van der Waals surface area contributed by atoms with Gasteiger partial charge in [-0.15, -0.1) is 0 Å². The van der Waals surface area contributed by atoms with Crippen molar-refractivity contribution in [1.29, 1.82) is 0 Å². The van der Waals surface area contributed by atoms with Crippen LogP contribution >= 0.6 is 34.8 Å². The van der Waals surface area contributed by atoms with Gasteiger partial charge in [0, 0.05) is 15.2 Å². The summed E-state index contributed by atoms with van der Waals surface area (Å²) in [6, 6.07) is 11.8. The van der Waals surface area contributed by atoms with E-state index in [1.807, 2.05) is 6.07 Å². The SMILES string of the molecule is COc1ccc(O)c(NC(=S)NC(=O)c2cccc(I)c2)c1. The Morgan fingerprint density at radius 1 is 1.27 bits per heavy atom. The van der Waals surface area contributed by atoms with Gasteiger partial charge in [0.2, 0.25) is 0 Å². The highest BCUT2D eigenvalue weighted by Crippen LogP contribution is 2.27. The van der Waals surface area contributed by atoms with Crippen LogP contribution in [0, 0.1) is 3.57 Å². The molecule has 1 amide bonds. The van der Waals surface area contributed by atoms with Crippen molar-refractivity contribution >= 4 is 51.5 Å². The quantitative estimate of drug-likeness (QED) is 0.398. The van der Waals surface area contributed by atoms with E-state index >= 15 is 0 Å². The zero-order valence-corrected chi connectivity index (χ0v) is 14.6.